The monoisotopic (exact) mass is 307 g/mol. The van der Waals surface area contributed by atoms with Gasteiger partial charge in [-0.3, -0.25) is 9.59 Å². The van der Waals surface area contributed by atoms with E-state index in [0.29, 0.717) is 6.42 Å². The van der Waals surface area contributed by atoms with E-state index >= 15 is 0 Å². The van der Waals surface area contributed by atoms with Crippen molar-refractivity contribution < 1.29 is 14.3 Å². The Labute approximate surface area is 123 Å². The zero-order valence-electron chi connectivity index (χ0n) is 11.0. The van der Waals surface area contributed by atoms with Crippen LogP contribution in [0.2, 0.25) is 0 Å². The third-order valence-corrected chi connectivity index (χ3v) is 5.11. The molecule has 0 unspecified atom stereocenters. The first-order valence-corrected chi connectivity index (χ1v) is 7.45. The zero-order valence-corrected chi connectivity index (χ0v) is 12.5. The van der Waals surface area contributed by atoms with Crippen molar-refractivity contribution in [1.29, 1.82) is 0 Å². The third-order valence-electron chi connectivity index (χ3n) is 4.01. The van der Waals surface area contributed by atoms with E-state index in [1.54, 1.807) is 6.92 Å². The number of hydrogen-bond acceptors (Lipinski definition) is 3. The second-order valence-corrected chi connectivity index (χ2v) is 7.18. The maximum Gasteiger partial charge on any atom is 0.315 e. The highest BCUT2D eigenvalue weighted by Gasteiger charge is 2.69. The Balaban J connectivity index is 1.70. The number of ether oxygens (including phenoxy) is 1. The van der Waals surface area contributed by atoms with Crippen molar-refractivity contribution >= 4 is 35.1 Å². The Morgan fingerprint density at radius 2 is 1.84 bits per heavy atom. The molecule has 0 aromatic rings. The van der Waals surface area contributed by atoms with Gasteiger partial charge in [0.25, 0.3) is 5.91 Å². The summed E-state index contributed by atoms with van der Waals surface area (Å²) in [5, 5.41) is 2.88. The van der Waals surface area contributed by atoms with Crippen molar-refractivity contribution in [3.8, 4) is 0 Å². The highest BCUT2D eigenvalue weighted by atomic mass is 35.5. The van der Waals surface area contributed by atoms with Crippen LogP contribution < -0.4 is 5.32 Å². The molecule has 0 radical (unpaired) electrons. The fraction of sp³-hybridized carbons (Fsp3) is 0.846. The Morgan fingerprint density at radius 1 is 1.26 bits per heavy atom. The summed E-state index contributed by atoms with van der Waals surface area (Å²) in [6, 6.07) is 0.219. The van der Waals surface area contributed by atoms with E-state index in [-0.39, 0.29) is 18.6 Å². The number of halogens is 2. The number of carbonyl (C=O) groups excluding carboxylic acids is 2. The van der Waals surface area contributed by atoms with Gasteiger partial charge in [0.15, 0.2) is 6.61 Å². The second kappa shape index (κ2) is 5.49. The molecule has 0 bridgehead atoms. The van der Waals surface area contributed by atoms with Crippen LogP contribution in [-0.4, -0.2) is 28.9 Å². The lowest BCUT2D eigenvalue weighted by molar-refractivity contribution is -0.153. The van der Waals surface area contributed by atoms with E-state index in [1.165, 1.54) is 6.42 Å². The Bertz CT molecular complexity index is 380. The Morgan fingerprint density at radius 3 is 2.37 bits per heavy atom. The molecular weight excluding hydrogens is 289 g/mol. The van der Waals surface area contributed by atoms with E-state index in [9.17, 15) is 9.59 Å². The van der Waals surface area contributed by atoms with E-state index in [2.05, 4.69) is 5.32 Å². The largest absolute Gasteiger partial charge is 0.455 e. The van der Waals surface area contributed by atoms with Gasteiger partial charge in [0.2, 0.25) is 0 Å². The lowest BCUT2D eigenvalue weighted by Gasteiger charge is -2.22. The number of nitrogens with one attached hydrogen (secondary N) is 1. The van der Waals surface area contributed by atoms with Crippen molar-refractivity contribution in [2.75, 3.05) is 6.61 Å². The van der Waals surface area contributed by atoms with Crippen molar-refractivity contribution in [2.24, 2.45) is 5.41 Å². The molecule has 2 aliphatic carbocycles. The van der Waals surface area contributed by atoms with Crippen LogP contribution in [0.25, 0.3) is 0 Å². The first kappa shape index (κ1) is 14.9. The van der Waals surface area contributed by atoms with Gasteiger partial charge < -0.3 is 10.1 Å². The fourth-order valence-corrected chi connectivity index (χ4v) is 3.12. The van der Waals surface area contributed by atoms with E-state index < -0.39 is 15.7 Å². The van der Waals surface area contributed by atoms with E-state index in [4.69, 9.17) is 27.9 Å². The molecule has 0 aromatic heterocycles. The molecule has 0 aliphatic heterocycles. The van der Waals surface area contributed by atoms with Crippen LogP contribution in [0.3, 0.4) is 0 Å². The first-order valence-electron chi connectivity index (χ1n) is 6.69. The molecule has 2 rings (SSSR count). The molecule has 1 amide bonds. The molecule has 2 fully saturated rings. The molecule has 1 atom stereocenters. The number of rotatable bonds is 4. The predicted molar refractivity (Wildman–Crippen MR) is 73.1 cm³/mol. The van der Waals surface area contributed by atoms with Crippen LogP contribution in [0, 0.1) is 5.41 Å². The van der Waals surface area contributed by atoms with Crippen LogP contribution in [0.15, 0.2) is 0 Å². The number of amides is 1. The minimum absolute atomic E-state index is 0.219. The minimum Gasteiger partial charge on any atom is -0.455 e. The van der Waals surface area contributed by atoms with Crippen LogP contribution in [-0.2, 0) is 14.3 Å². The van der Waals surface area contributed by atoms with Gasteiger partial charge in [-0.05, 0) is 19.8 Å². The van der Waals surface area contributed by atoms with Gasteiger partial charge in [-0.25, -0.2) is 0 Å². The van der Waals surface area contributed by atoms with Gasteiger partial charge >= 0.3 is 5.97 Å². The molecule has 108 valence electrons. The van der Waals surface area contributed by atoms with E-state index in [1.807, 2.05) is 0 Å². The Hall–Kier alpha value is -0.480. The average molecular weight is 308 g/mol. The third kappa shape index (κ3) is 3.34. The van der Waals surface area contributed by atoms with Crippen LogP contribution in [0.5, 0.6) is 0 Å². The number of alkyl halides is 2. The van der Waals surface area contributed by atoms with Crippen LogP contribution >= 0.6 is 23.2 Å². The van der Waals surface area contributed by atoms with Gasteiger partial charge in [-0.2, -0.15) is 0 Å². The maximum absolute atomic E-state index is 11.8. The Kier molecular flexibility index (Phi) is 4.31. The highest BCUT2D eigenvalue weighted by molar-refractivity contribution is 6.53. The summed E-state index contributed by atoms with van der Waals surface area (Å²) in [6.07, 6.45) is 5.89. The molecule has 4 nitrogen and oxygen atoms in total. The highest BCUT2D eigenvalue weighted by Crippen LogP contribution is 2.64. The van der Waals surface area contributed by atoms with Gasteiger partial charge in [0.1, 0.15) is 9.75 Å². The summed E-state index contributed by atoms with van der Waals surface area (Å²) < 4.78 is 3.94. The lowest BCUT2D eigenvalue weighted by Crippen LogP contribution is -2.39. The van der Waals surface area contributed by atoms with Crippen molar-refractivity contribution in [1.82, 2.24) is 5.32 Å². The smallest absolute Gasteiger partial charge is 0.315 e. The number of esters is 1. The summed E-state index contributed by atoms with van der Waals surface area (Å²) in [6.45, 7) is 1.39. The van der Waals surface area contributed by atoms with Crippen molar-refractivity contribution in [3.63, 3.8) is 0 Å². The van der Waals surface area contributed by atoms with Crippen molar-refractivity contribution in [2.45, 2.75) is 55.8 Å². The molecule has 0 spiro atoms. The van der Waals surface area contributed by atoms with E-state index in [0.717, 1.165) is 25.7 Å². The minimum atomic E-state index is -1.05. The van der Waals surface area contributed by atoms with Crippen LogP contribution in [0.4, 0.5) is 0 Å². The SMILES string of the molecule is C[C@]1(C(=O)OCC(=O)NC2CCCCC2)CC1(Cl)Cl. The molecule has 1 N–H and O–H groups in total. The lowest BCUT2D eigenvalue weighted by atomic mass is 9.95. The van der Waals surface area contributed by atoms with Gasteiger partial charge in [-0.15, -0.1) is 23.2 Å². The predicted octanol–water partition coefficient (Wildman–Crippen LogP) is 2.56. The van der Waals surface area contributed by atoms with Crippen LogP contribution in [0.1, 0.15) is 45.4 Å². The normalized spacial score (nSPS) is 29.6. The standard InChI is InChI=1S/C13H19Cl2NO3/c1-12(8-13(12,14)15)11(18)19-7-10(17)16-9-5-3-2-4-6-9/h9H,2-8H2,1H3,(H,16,17)/t12-/m1/s1. The first-order chi connectivity index (χ1) is 8.85. The van der Waals surface area contributed by atoms with Gasteiger partial charge in [-0.1, -0.05) is 19.3 Å². The molecule has 2 saturated carbocycles. The molecular formula is C13H19Cl2NO3. The summed E-state index contributed by atoms with van der Waals surface area (Å²) in [7, 11) is 0. The second-order valence-electron chi connectivity index (χ2n) is 5.69. The molecule has 0 heterocycles. The van der Waals surface area contributed by atoms with Gasteiger partial charge in [0.05, 0.1) is 0 Å². The maximum atomic E-state index is 11.8. The molecule has 6 heteroatoms. The average Bonchev–Trinajstić information content (AvgIpc) is 2.88. The fourth-order valence-electron chi connectivity index (χ4n) is 2.43. The molecule has 2 aliphatic rings. The molecule has 0 aromatic carbocycles. The molecule has 19 heavy (non-hydrogen) atoms. The summed E-state index contributed by atoms with van der Waals surface area (Å²) in [5.74, 6) is -0.754. The summed E-state index contributed by atoms with van der Waals surface area (Å²) in [5.41, 5.74) is -0.874. The zero-order chi connectivity index (χ0) is 14.1. The number of carbonyl (C=O) groups is 2. The topological polar surface area (TPSA) is 55.4 Å². The summed E-state index contributed by atoms with van der Waals surface area (Å²) >= 11 is 11.8. The van der Waals surface area contributed by atoms with Gasteiger partial charge in [0, 0.05) is 12.5 Å². The quantitative estimate of drug-likeness (QED) is 0.641. The summed E-state index contributed by atoms with van der Waals surface area (Å²) in [4.78, 5) is 23.4. The number of hydrogen-bond donors (Lipinski definition) is 1. The molecule has 0 saturated heterocycles. The van der Waals surface area contributed by atoms with Crippen molar-refractivity contribution in [3.05, 3.63) is 0 Å².